The Balaban J connectivity index is 2.48. The van der Waals surface area contributed by atoms with Gasteiger partial charge in [0.05, 0.1) is 17.9 Å². The molecule has 0 saturated carbocycles. The van der Waals surface area contributed by atoms with Gasteiger partial charge < -0.3 is 10.2 Å². The lowest BCUT2D eigenvalue weighted by atomic mass is 10.3. The maximum absolute atomic E-state index is 8.74. The van der Waals surface area contributed by atoms with E-state index in [1.54, 1.807) is 11.3 Å². The zero-order valence-electron chi connectivity index (χ0n) is 12.1. The average Bonchev–Trinajstić information content (AvgIpc) is 2.87. The third-order valence-electron chi connectivity index (χ3n) is 3.03. The maximum Gasteiger partial charge on any atom is 0.226 e. The van der Waals surface area contributed by atoms with Crippen LogP contribution in [-0.2, 0) is 6.42 Å². The fourth-order valence-electron chi connectivity index (χ4n) is 1.98. The van der Waals surface area contributed by atoms with Crippen LogP contribution in [-0.4, -0.2) is 30.1 Å². The monoisotopic (exact) mass is 289 g/mol. The van der Waals surface area contributed by atoms with Crippen molar-refractivity contribution < 1.29 is 0 Å². The standard InChI is InChI=1S/C14H19N5S/c1-4-10-9-11-12(19(3)8-6-7-15)17-14(16-5-2)18-13(11)20-10/h9H,4-6,8H2,1-3H3,(H,16,17,18). The predicted molar refractivity (Wildman–Crippen MR) is 84.5 cm³/mol. The second-order valence-electron chi connectivity index (χ2n) is 4.52. The van der Waals surface area contributed by atoms with Gasteiger partial charge in [0.2, 0.25) is 5.95 Å². The number of rotatable bonds is 6. The summed E-state index contributed by atoms with van der Waals surface area (Å²) in [4.78, 5) is 13.5. The van der Waals surface area contributed by atoms with Gasteiger partial charge in [-0.1, -0.05) is 6.92 Å². The molecule has 0 unspecified atom stereocenters. The van der Waals surface area contributed by atoms with Crippen LogP contribution in [0.3, 0.4) is 0 Å². The Kier molecular flexibility index (Phi) is 4.74. The number of nitrogens with one attached hydrogen (secondary N) is 1. The molecule has 0 aliphatic rings. The highest BCUT2D eigenvalue weighted by Crippen LogP contribution is 2.31. The van der Waals surface area contributed by atoms with Crippen molar-refractivity contribution in [3.05, 3.63) is 10.9 Å². The SMILES string of the molecule is CCNc1nc(N(C)CCC#N)c2cc(CC)sc2n1. The van der Waals surface area contributed by atoms with Crippen LogP contribution in [0.5, 0.6) is 0 Å². The molecule has 0 aliphatic carbocycles. The molecule has 1 N–H and O–H groups in total. The summed E-state index contributed by atoms with van der Waals surface area (Å²) in [5.41, 5.74) is 0. The predicted octanol–water partition coefficient (Wildman–Crippen LogP) is 3.04. The number of hydrogen-bond donors (Lipinski definition) is 1. The number of hydrogen-bond acceptors (Lipinski definition) is 6. The average molecular weight is 289 g/mol. The summed E-state index contributed by atoms with van der Waals surface area (Å²) >= 11 is 1.71. The molecule has 2 rings (SSSR count). The molecular weight excluding hydrogens is 270 g/mol. The van der Waals surface area contributed by atoms with E-state index in [9.17, 15) is 0 Å². The van der Waals surface area contributed by atoms with Crippen LogP contribution in [0.2, 0.25) is 0 Å². The van der Waals surface area contributed by atoms with Crippen LogP contribution in [0.25, 0.3) is 10.2 Å². The topological polar surface area (TPSA) is 64.8 Å². The second kappa shape index (κ2) is 6.53. The third-order valence-corrected chi connectivity index (χ3v) is 4.20. The number of aryl methyl sites for hydroxylation is 1. The summed E-state index contributed by atoms with van der Waals surface area (Å²) in [7, 11) is 1.97. The highest BCUT2D eigenvalue weighted by molar-refractivity contribution is 7.18. The van der Waals surface area contributed by atoms with Gasteiger partial charge >= 0.3 is 0 Å². The lowest BCUT2D eigenvalue weighted by Gasteiger charge is -2.18. The van der Waals surface area contributed by atoms with E-state index in [0.29, 0.717) is 18.9 Å². The molecule has 5 nitrogen and oxygen atoms in total. The van der Waals surface area contributed by atoms with Crippen molar-refractivity contribution in [1.29, 1.82) is 5.26 Å². The van der Waals surface area contributed by atoms with Crippen molar-refractivity contribution in [2.45, 2.75) is 26.7 Å². The van der Waals surface area contributed by atoms with E-state index in [-0.39, 0.29) is 0 Å². The molecule has 0 saturated heterocycles. The molecule has 0 fully saturated rings. The first-order valence-electron chi connectivity index (χ1n) is 6.82. The number of nitriles is 1. The van der Waals surface area contributed by atoms with Gasteiger partial charge in [0.1, 0.15) is 10.6 Å². The van der Waals surface area contributed by atoms with Gasteiger partial charge in [0.15, 0.2) is 0 Å². The van der Waals surface area contributed by atoms with Crippen LogP contribution in [0.15, 0.2) is 6.07 Å². The summed E-state index contributed by atoms with van der Waals surface area (Å²) in [5, 5.41) is 13.0. The number of nitrogens with zero attached hydrogens (tertiary/aromatic N) is 4. The van der Waals surface area contributed by atoms with Crippen LogP contribution < -0.4 is 10.2 Å². The molecule has 2 aromatic rings. The summed E-state index contributed by atoms with van der Waals surface area (Å²) in [6.07, 6.45) is 1.49. The lowest BCUT2D eigenvalue weighted by Crippen LogP contribution is -2.20. The van der Waals surface area contributed by atoms with Gasteiger partial charge in [-0.15, -0.1) is 11.3 Å². The lowest BCUT2D eigenvalue weighted by molar-refractivity contribution is 0.887. The van der Waals surface area contributed by atoms with Crippen molar-refractivity contribution >= 4 is 33.3 Å². The van der Waals surface area contributed by atoms with E-state index in [1.165, 1.54) is 4.88 Å². The van der Waals surface area contributed by atoms with Crippen molar-refractivity contribution in [3.63, 3.8) is 0 Å². The first-order chi connectivity index (χ1) is 9.69. The summed E-state index contributed by atoms with van der Waals surface area (Å²) in [6, 6.07) is 4.34. The first kappa shape index (κ1) is 14.5. The molecule has 106 valence electrons. The zero-order chi connectivity index (χ0) is 14.5. The van der Waals surface area contributed by atoms with E-state index >= 15 is 0 Å². The fourth-order valence-corrected chi connectivity index (χ4v) is 2.94. The second-order valence-corrected chi connectivity index (χ2v) is 5.63. The van der Waals surface area contributed by atoms with Gasteiger partial charge in [-0.05, 0) is 19.4 Å². The fraction of sp³-hybridized carbons (Fsp3) is 0.500. The molecular formula is C14H19N5S. The van der Waals surface area contributed by atoms with Gasteiger partial charge in [-0.3, -0.25) is 0 Å². The molecule has 20 heavy (non-hydrogen) atoms. The van der Waals surface area contributed by atoms with Gasteiger partial charge in [0, 0.05) is 25.0 Å². The summed E-state index contributed by atoms with van der Waals surface area (Å²) in [5.74, 6) is 1.56. The van der Waals surface area contributed by atoms with Crippen molar-refractivity contribution in [1.82, 2.24) is 9.97 Å². The van der Waals surface area contributed by atoms with Gasteiger partial charge in [0.25, 0.3) is 0 Å². The third kappa shape index (κ3) is 2.99. The molecule has 0 aromatic carbocycles. The Morgan fingerprint density at radius 2 is 2.20 bits per heavy atom. The largest absolute Gasteiger partial charge is 0.358 e. The molecule has 0 amide bonds. The molecule has 2 heterocycles. The number of aromatic nitrogens is 2. The highest BCUT2D eigenvalue weighted by atomic mass is 32.1. The van der Waals surface area contributed by atoms with Gasteiger partial charge in [-0.25, -0.2) is 4.98 Å². The van der Waals surface area contributed by atoms with Crippen molar-refractivity contribution in [2.24, 2.45) is 0 Å². The minimum Gasteiger partial charge on any atom is -0.358 e. The number of thiophene rings is 1. The Labute approximate surface area is 123 Å². The first-order valence-corrected chi connectivity index (χ1v) is 7.63. The Morgan fingerprint density at radius 3 is 2.85 bits per heavy atom. The van der Waals surface area contributed by atoms with Crippen molar-refractivity contribution in [2.75, 3.05) is 30.4 Å². The van der Waals surface area contributed by atoms with E-state index in [0.717, 1.165) is 29.0 Å². The number of fused-ring (bicyclic) bond motifs is 1. The molecule has 0 spiro atoms. The summed E-state index contributed by atoms with van der Waals surface area (Å²) in [6.45, 7) is 5.63. The normalized spacial score (nSPS) is 10.5. The molecule has 6 heteroatoms. The Bertz CT molecular complexity index is 628. The minimum absolute atomic E-state index is 0.489. The zero-order valence-corrected chi connectivity index (χ0v) is 12.9. The van der Waals surface area contributed by atoms with E-state index in [4.69, 9.17) is 5.26 Å². The van der Waals surface area contributed by atoms with Crippen LogP contribution in [0.4, 0.5) is 11.8 Å². The molecule has 2 aromatic heterocycles. The molecule has 0 aliphatic heterocycles. The van der Waals surface area contributed by atoms with E-state index in [2.05, 4.69) is 34.3 Å². The Morgan fingerprint density at radius 1 is 1.40 bits per heavy atom. The minimum atomic E-state index is 0.489. The highest BCUT2D eigenvalue weighted by Gasteiger charge is 2.14. The van der Waals surface area contributed by atoms with E-state index in [1.807, 2.05) is 18.9 Å². The smallest absolute Gasteiger partial charge is 0.226 e. The molecule has 0 atom stereocenters. The summed E-state index contributed by atoms with van der Waals surface area (Å²) < 4.78 is 0. The maximum atomic E-state index is 8.74. The van der Waals surface area contributed by atoms with Crippen LogP contribution in [0, 0.1) is 11.3 Å². The van der Waals surface area contributed by atoms with E-state index < -0.39 is 0 Å². The Hall–Kier alpha value is -1.87. The quantitative estimate of drug-likeness (QED) is 0.885. The molecule has 0 bridgehead atoms. The van der Waals surface area contributed by atoms with Gasteiger partial charge in [-0.2, -0.15) is 10.2 Å². The van der Waals surface area contributed by atoms with Crippen LogP contribution in [0.1, 0.15) is 25.1 Å². The number of anilines is 2. The van der Waals surface area contributed by atoms with Crippen molar-refractivity contribution in [3.8, 4) is 6.07 Å². The molecule has 0 radical (unpaired) electrons. The van der Waals surface area contributed by atoms with Crippen LogP contribution >= 0.6 is 11.3 Å².